The number of ether oxygens (including phenoxy) is 1. The van der Waals surface area contributed by atoms with E-state index in [4.69, 9.17) is 10.5 Å². The van der Waals surface area contributed by atoms with Gasteiger partial charge in [0.05, 0.1) is 6.07 Å². The number of nitrogens with one attached hydrogen (secondary N) is 2. The Morgan fingerprint density at radius 2 is 1.76 bits per heavy atom. The van der Waals surface area contributed by atoms with Crippen LogP contribution in [0.5, 0.6) is 0 Å². The van der Waals surface area contributed by atoms with Gasteiger partial charge < -0.3 is 26.0 Å². The van der Waals surface area contributed by atoms with E-state index in [2.05, 4.69) is 10.6 Å². The van der Waals surface area contributed by atoms with Gasteiger partial charge in [0.25, 0.3) is 0 Å². The van der Waals surface area contributed by atoms with Gasteiger partial charge >= 0.3 is 6.09 Å². The number of carbonyl (C=O) groups is 4. The van der Waals surface area contributed by atoms with Gasteiger partial charge in [0.1, 0.15) is 24.2 Å². The number of nitrogens with zero attached hydrogens (tertiary/aromatic N) is 2. The van der Waals surface area contributed by atoms with Gasteiger partial charge in [-0.05, 0) is 52.5 Å². The lowest BCUT2D eigenvalue weighted by molar-refractivity contribution is -0.142. The minimum Gasteiger partial charge on any atom is -0.444 e. The molecule has 1 aliphatic carbocycles. The molecule has 4 amide bonds. The van der Waals surface area contributed by atoms with Crippen molar-refractivity contribution >= 4 is 23.8 Å². The second kappa shape index (κ2) is 13.6. The van der Waals surface area contributed by atoms with E-state index in [0.717, 1.165) is 42.6 Å². The molecule has 0 radical (unpaired) electrons. The summed E-state index contributed by atoms with van der Waals surface area (Å²) >= 11 is 0. The van der Waals surface area contributed by atoms with E-state index in [1.54, 1.807) is 32.9 Å². The first-order valence-corrected chi connectivity index (χ1v) is 12.7. The summed E-state index contributed by atoms with van der Waals surface area (Å²) in [5, 5.41) is 15.2. The van der Waals surface area contributed by atoms with E-state index in [1.807, 2.05) is 25.1 Å². The third-order valence-electron chi connectivity index (χ3n) is 6.10. The largest absolute Gasteiger partial charge is 0.444 e. The number of hydrogen-bond acceptors (Lipinski definition) is 6. The van der Waals surface area contributed by atoms with Gasteiger partial charge in [-0.3, -0.25) is 14.4 Å². The number of nitriles is 1. The van der Waals surface area contributed by atoms with Crippen LogP contribution in [-0.2, 0) is 19.1 Å². The molecule has 10 nitrogen and oxygen atoms in total. The molecule has 1 aromatic carbocycles. The number of primary amides is 1. The fourth-order valence-corrected chi connectivity index (χ4v) is 4.32. The zero-order chi connectivity index (χ0) is 27.6. The molecule has 1 saturated carbocycles. The fourth-order valence-electron chi connectivity index (χ4n) is 4.32. The smallest absolute Gasteiger partial charge is 0.408 e. The average molecular weight is 514 g/mol. The predicted molar refractivity (Wildman–Crippen MR) is 138 cm³/mol. The van der Waals surface area contributed by atoms with Crippen LogP contribution in [0.2, 0.25) is 0 Å². The summed E-state index contributed by atoms with van der Waals surface area (Å²) in [5.74, 6) is -1.73. The van der Waals surface area contributed by atoms with Gasteiger partial charge in [-0.15, -0.1) is 0 Å². The Labute approximate surface area is 218 Å². The molecule has 2 atom stereocenters. The number of alkyl carbamates (subject to hydrolysis) is 1. The van der Waals surface area contributed by atoms with Crippen LogP contribution in [0.3, 0.4) is 0 Å². The molecule has 37 heavy (non-hydrogen) atoms. The standard InChI is InChI=1S/C27H39N5O5/c1-18-10-12-19(13-11-18)23(24(34)30-20-8-6-5-7-9-20)32(17-16-28)25(35)21(14-15-22(29)33)31-26(36)37-27(2,3)4/h10-13,20-21,23H,5-9,14-15,17H2,1-4H3,(H2,29,33)(H,30,34)(H,31,36). The van der Waals surface area contributed by atoms with Gasteiger partial charge in [-0.1, -0.05) is 49.1 Å². The molecule has 1 aliphatic rings. The molecular formula is C27H39N5O5. The first-order valence-electron chi connectivity index (χ1n) is 12.7. The van der Waals surface area contributed by atoms with Gasteiger partial charge in [0.2, 0.25) is 17.7 Å². The van der Waals surface area contributed by atoms with Crippen molar-refractivity contribution in [1.29, 1.82) is 5.26 Å². The molecular weight excluding hydrogens is 474 g/mol. The monoisotopic (exact) mass is 513 g/mol. The minimum absolute atomic E-state index is 0.0150. The van der Waals surface area contributed by atoms with Crippen LogP contribution in [0.1, 0.15) is 82.9 Å². The molecule has 0 bridgehead atoms. The third-order valence-corrected chi connectivity index (χ3v) is 6.10. The number of aryl methyl sites for hydroxylation is 1. The second-order valence-electron chi connectivity index (χ2n) is 10.5. The van der Waals surface area contributed by atoms with Gasteiger partial charge in [-0.25, -0.2) is 4.79 Å². The lowest BCUT2D eigenvalue weighted by Crippen LogP contribution is -2.54. The molecule has 0 aliphatic heterocycles. The summed E-state index contributed by atoms with van der Waals surface area (Å²) in [6.45, 7) is 6.54. The van der Waals surface area contributed by atoms with Crippen molar-refractivity contribution in [3.8, 4) is 6.07 Å². The van der Waals surface area contributed by atoms with Crippen molar-refractivity contribution in [2.24, 2.45) is 5.73 Å². The van der Waals surface area contributed by atoms with Gasteiger partial charge in [0, 0.05) is 12.5 Å². The lowest BCUT2D eigenvalue weighted by Gasteiger charge is -2.34. The summed E-state index contributed by atoms with van der Waals surface area (Å²) in [5.41, 5.74) is 5.99. The van der Waals surface area contributed by atoms with Crippen molar-refractivity contribution in [3.05, 3.63) is 35.4 Å². The Kier molecular flexibility index (Phi) is 10.9. The Hall–Kier alpha value is -3.61. The number of nitrogens with two attached hydrogens (primary N) is 1. The maximum atomic E-state index is 13.8. The SMILES string of the molecule is Cc1ccc(C(C(=O)NC2CCCCC2)N(CC#N)C(=O)C(CCC(N)=O)NC(=O)OC(C)(C)C)cc1. The van der Waals surface area contributed by atoms with Crippen molar-refractivity contribution in [3.63, 3.8) is 0 Å². The van der Waals surface area contributed by atoms with Crippen LogP contribution in [0, 0.1) is 18.3 Å². The molecule has 10 heteroatoms. The average Bonchev–Trinajstić information content (AvgIpc) is 2.81. The summed E-state index contributed by atoms with van der Waals surface area (Å²) in [6.07, 6.45) is 3.68. The quantitative estimate of drug-likeness (QED) is 0.409. The van der Waals surface area contributed by atoms with Crippen molar-refractivity contribution < 1.29 is 23.9 Å². The normalized spacial score (nSPS) is 15.5. The number of amides is 4. The van der Waals surface area contributed by atoms with E-state index < -0.39 is 48.0 Å². The van der Waals surface area contributed by atoms with Crippen LogP contribution in [0.4, 0.5) is 4.79 Å². The predicted octanol–water partition coefficient (Wildman–Crippen LogP) is 3.00. The molecule has 202 valence electrons. The van der Waals surface area contributed by atoms with Crippen molar-refractivity contribution in [1.82, 2.24) is 15.5 Å². The van der Waals surface area contributed by atoms with Crippen LogP contribution in [0.15, 0.2) is 24.3 Å². The molecule has 0 aromatic heterocycles. The third kappa shape index (κ3) is 9.75. The zero-order valence-corrected chi connectivity index (χ0v) is 22.2. The van der Waals surface area contributed by atoms with Crippen LogP contribution in [0.25, 0.3) is 0 Å². The Bertz CT molecular complexity index is 990. The topological polar surface area (TPSA) is 155 Å². The number of benzene rings is 1. The second-order valence-corrected chi connectivity index (χ2v) is 10.5. The van der Waals surface area contributed by atoms with E-state index >= 15 is 0 Å². The van der Waals surface area contributed by atoms with Gasteiger partial charge in [-0.2, -0.15) is 5.26 Å². The molecule has 2 rings (SSSR count). The number of hydrogen-bond donors (Lipinski definition) is 3. The van der Waals surface area contributed by atoms with Gasteiger partial charge in [0.15, 0.2) is 0 Å². The number of rotatable bonds is 10. The van der Waals surface area contributed by atoms with Crippen LogP contribution >= 0.6 is 0 Å². The van der Waals surface area contributed by atoms with E-state index in [0.29, 0.717) is 5.56 Å². The highest BCUT2D eigenvalue weighted by atomic mass is 16.6. The van der Waals surface area contributed by atoms with E-state index in [9.17, 15) is 24.4 Å². The molecule has 0 spiro atoms. The maximum absolute atomic E-state index is 13.8. The Morgan fingerprint density at radius 1 is 1.14 bits per heavy atom. The Balaban J connectivity index is 2.42. The highest BCUT2D eigenvalue weighted by Crippen LogP contribution is 2.25. The van der Waals surface area contributed by atoms with Crippen molar-refractivity contribution in [2.75, 3.05) is 6.54 Å². The first kappa shape index (κ1) is 29.6. The lowest BCUT2D eigenvalue weighted by atomic mass is 9.94. The first-order chi connectivity index (χ1) is 17.4. The zero-order valence-electron chi connectivity index (χ0n) is 22.2. The molecule has 0 heterocycles. The van der Waals surface area contributed by atoms with Crippen molar-refractivity contribution in [2.45, 2.75) is 96.4 Å². The van der Waals surface area contributed by atoms with E-state index in [-0.39, 0.29) is 18.9 Å². The summed E-state index contributed by atoms with van der Waals surface area (Å²) in [4.78, 5) is 52.6. The maximum Gasteiger partial charge on any atom is 0.408 e. The molecule has 1 aromatic rings. The number of carbonyl (C=O) groups excluding carboxylic acids is 4. The highest BCUT2D eigenvalue weighted by Gasteiger charge is 2.37. The van der Waals surface area contributed by atoms with Crippen LogP contribution in [-0.4, -0.2) is 52.9 Å². The molecule has 0 saturated heterocycles. The van der Waals surface area contributed by atoms with E-state index in [1.165, 1.54) is 0 Å². The van der Waals surface area contributed by atoms with Crippen LogP contribution < -0.4 is 16.4 Å². The molecule has 2 unspecified atom stereocenters. The summed E-state index contributed by atoms with van der Waals surface area (Å²) in [7, 11) is 0. The summed E-state index contributed by atoms with van der Waals surface area (Å²) in [6, 6.07) is 6.77. The highest BCUT2D eigenvalue weighted by molar-refractivity contribution is 5.92. The summed E-state index contributed by atoms with van der Waals surface area (Å²) < 4.78 is 5.29. The fraction of sp³-hybridized carbons (Fsp3) is 0.593. The minimum atomic E-state index is -1.23. The Morgan fingerprint density at radius 3 is 2.30 bits per heavy atom. The molecule has 4 N–H and O–H groups in total. The molecule has 1 fully saturated rings.